The van der Waals surface area contributed by atoms with E-state index in [1.165, 1.54) is 13.2 Å². The first kappa shape index (κ1) is 13.9. The highest BCUT2D eigenvalue weighted by atomic mass is 32.2. The number of carbonyl (C=O) groups is 1. The number of nitrogens with zero attached hydrogens (tertiary/aromatic N) is 1. The fourth-order valence-corrected chi connectivity index (χ4v) is 2.46. The van der Waals surface area contributed by atoms with Gasteiger partial charge in [-0.1, -0.05) is 17.8 Å². The van der Waals surface area contributed by atoms with Gasteiger partial charge in [0, 0.05) is 12.2 Å². The van der Waals surface area contributed by atoms with E-state index < -0.39 is 5.82 Å². The monoisotopic (exact) mass is 282 g/mol. The molecule has 19 heavy (non-hydrogen) atoms. The first-order valence-electron chi connectivity index (χ1n) is 5.98. The van der Waals surface area contributed by atoms with E-state index in [0.717, 1.165) is 17.9 Å². The summed E-state index contributed by atoms with van der Waals surface area (Å²) in [6.07, 6.45) is 0.802. The Balaban J connectivity index is 1.84. The van der Waals surface area contributed by atoms with Gasteiger partial charge in [0.05, 0.1) is 13.7 Å². The van der Waals surface area contributed by atoms with Crippen LogP contribution in [0.3, 0.4) is 0 Å². The van der Waals surface area contributed by atoms with E-state index in [4.69, 9.17) is 4.74 Å². The van der Waals surface area contributed by atoms with Gasteiger partial charge in [-0.15, -0.1) is 0 Å². The molecule has 0 saturated carbocycles. The van der Waals surface area contributed by atoms with Crippen LogP contribution in [-0.4, -0.2) is 30.5 Å². The van der Waals surface area contributed by atoms with Crippen LogP contribution in [-0.2, 0) is 11.2 Å². The third-order valence-corrected chi connectivity index (χ3v) is 3.58. The molecule has 0 saturated heterocycles. The first-order chi connectivity index (χ1) is 9.19. The van der Waals surface area contributed by atoms with Crippen molar-refractivity contribution in [1.29, 1.82) is 0 Å². The summed E-state index contributed by atoms with van der Waals surface area (Å²) in [6.45, 7) is 0.754. The number of benzene rings is 1. The van der Waals surface area contributed by atoms with Crippen LogP contribution in [0.25, 0.3) is 0 Å². The van der Waals surface area contributed by atoms with Crippen LogP contribution in [0.15, 0.2) is 23.2 Å². The molecule has 0 unspecified atom stereocenters. The number of halogens is 1. The third kappa shape index (κ3) is 3.96. The van der Waals surface area contributed by atoms with Crippen molar-refractivity contribution in [2.24, 2.45) is 4.99 Å². The van der Waals surface area contributed by atoms with Crippen molar-refractivity contribution in [2.45, 2.75) is 12.8 Å². The maximum atomic E-state index is 13.5. The van der Waals surface area contributed by atoms with Gasteiger partial charge in [-0.05, 0) is 24.1 Å². The SMILES string of the molecule is COc1ccc(CCC(=O)NC2=NCCS2)cc1F. The van der Waals surface area contributed by atoms with E-state index >= 15 is 0 Å². The number of aliphatic imine (C=N–C) groups is 1. The van der Waals surface area contributed by atoms with Crippen LogP contribution in [0.4, 0.5) is 4.39 Å². The molecule has 4 nitrogen and oxygen atoms in total. The van der Waals surface area contributed by atoms with Gasteiger partial charge in [0.2, 0.25) is 5.91 Å². The molecule has 6 heteroatoms. The second-order valence-electron chi connectivity index (χ2n) is 4.05. The van der Waals surface area contributed by atoms with Crippen LogP contribution in [0.5, 0.6) is 5.75 Å². The number of amides is 1. The minimum absolute atomic E-state index is 0.0932. The van der Waals surface area contributed by atoms with E-state index in [0.29, 0.717) is 18.0 Å². The number of methoxy groups -OCH3 is 1. The molecule has 1 amide bonds. The lowest BCUT2D eigenvalue weighted by Crippen LogP contribution is -2.27. The van der Waals surface area contributed by atoms with Gasteiger partial charge in [-0.3, -0.25) is 9.79 Å². The second-order valence-corrected chi connectivity index (χ2v) is 5.14. The number of carbonyl (C=O) groups excluding carboxylic acids is 1. The highest BCUT2D eigenvalue weighted by molar-refractivity contribution is 8.14. The number of rotatable bonds is 4. The number of aryl methyl sites for hydroxylation is 1. The zero-order chi connectivity index (χ0) is 13.7. The van der Waals surface area contributed by atoms with Crippen molar-refractivity contribution in [2.75, 3.05) is 19.4 Å². The molecular formula is C13H15FN2O2S. The number of hydrogen-bond acceptors (Lipinski definition) is 4. The average Bonchev–Trinajstić information content (AvgIpc) is 2.89. The summed E-state index contributed by atoms with van der Waals surface area (Å²) in [5, 5.41) is 3.43. The largest absolute Gasteiger partial charge is 0.494 e. The zero-order valence-corrected chi connectivity index (χ0v) is 11.4. The van der Waals surface area contributed by atoms with Gasteiger partial charge >= 0.3 is 0 Å². The van der Waals surface area contributed by atoms with Crippen molar-refractivity contribution in [3.63, 3.8) is 0 Å². The minimum Gasteiger partial charge on any atom is -0.494 e. The van der Waals surface area contributed by atoms with Crippen molar-refractivity contribution in [3.05, 3.63) is 29.6 Å². The summed E-state index contributed by atoms with van der Waals surface area (Å²) in [7, 11) is 1.42. The van der Waals surface area contributed by atoms with Gasteiger partial charge < -0.3 is 10.1 Å². The summed E-state index contributed by atoms with van der Waals surface area (Å²) in [4.78, 5) is 15.8. The molecule has 1 aliphatic rings. The lowest BCUT2D eigenvalue weighted by Gasteiger charge is -2.06. The van der Waals surface area contributed by atoms with Crippen LogP contribution in [0.1, 0.15) is 12.0 Å². The average molecular weight is 282 g/mol. The molecule has 0 aliphatic carbocycles. The van der Waals surface area contributed by atoms with Gasteiger partial charge in [0.25, 0.3) is 0 Å². The minimum atomic E-state index is -0.406. The predicted molar refractivity (Wildman–Crippen MR) is 74.2 cm³/mol. The molecular weight excluding hydrogens is 267 g/mol. The molecule has 0 radical (unpaired) electrons. The number of thioether (sulfide) groups is 1. The fourth-order valence-electron chi connectivity index (χ4n) is 1.72. The molecule has 1 aromatic carbocycles. The maximum absolute atomic E-state index is 13.5. The molecule has 0 bridgehead atoms. The molecule has 102 valence electrons. The Morgan fingerprint density at radius 2 is 2.42 bits per heavy atom. The molecule has 1 aromatic rings. The Bertz CT molecular complexity index is 505. The van der Waals surface area contributed by atoms with Gasteiger partial charge in [-0.2, -0.15) is 0 Å². The molecule has 0 atom stereocenters. The number of nitrogens with one attached hydrogen (secondary N) is 1. The standard InChI is InChI=1S/C13H15FN2O2S/c1-18-11-4-2-9(8-10(11)14)3-5-12(17)16-13-15-6-7-19-13/h2,4,8H,3,5-7H2,1H3,(H,15,16,17). The predicted octanol–water partition coefficient (Wildman–Crippen LogP) is 1.99. The fraction of sp³-hybridized carbons (Fsp3) is 0.385. The Morgan fingerprint density at radius 3 is 3.05 bits per heavy atom. The summed E-state index contributed by atoms with van der Waals surface area (Å²) in [6, 6.07) is 4.73. The Hall–Kier alpha value is -1.56. The summed E-state index contributed by atoms with van der Waals surface area (Å²) in [5.74, 6) is 0.629. The Morgan fingerprint density at radius 1 is 1.58 bits per heavy atom. The molecule has 0 fully saturated rings. The van der Waals surface area contributed by atoms with Gasteiger partial charge in [0.15, 0.2) is 16.7 Å². The molecule has 1 heterocycles. The highest BCUT2D eigenvalue weighted by Crippen LogP contribution is 2.18. The molecule has 1 N–H and O–H groups in total. The normalized spacial score (nSPS) is 14.1. The second kappa shape index (κ2) is 6.56. The lowest BCUT2D eigenvalue weighted by atomic mass is 10.1. The molecule has 2 rings (SSSR count). The summed E-state index contributed by atoms with van der Waals surface area (Å²) >= 11 is 1.54. The maximum Gasteiger partial charge on any atom is 0.226 e. The number of amidine groups is 1. The van der Waals surface area contributed by atoms with Crippen LogP contribution in [0, 0.1) is 5.82 Å². The van der Waals surface area contributed by atoms with E-state index in [2.05, 4.69) is 10.3 Å². The quantitative estimate of drug-likeness (QED) is 0.918. The van der Waals surface area contributed by atoms with Crippen molar-refractivity contribution < 1.29 is 13.9 Å². The smallest absolute Gasteiger partial charge is 0.226 e. The van der Waals surface area contributed by atoms with Crippen LogP contribution >= 0.6 is 11.8 Å². The first-order valence-corrected chi connectivity index (χ1v) is 6.97. The van der Waals surface area contributed by atoms with E-state index in [1.807, 2.05) is 0 Å². The van der Waals surface area contributed by atoms with Crippen LogP contribution in [0.2, 0.25) is 0 Å². The van der Waals surface area contributed by atoms with Gasteiger partial charge in [0.1, 0.15) is 0 Å². The van der Waals surface area contributed by atoms with Gasteiger partial charge in [-0.25, -0.2) is 4.39 Å². The molecule has 1 aliphatic heterocycles. The van der Waals surface area contributed by atoms with Crippen molar-refractivity contribution in [1.82, 2.24) is 5.32 Å². The van der Waals surface area contributed by atoms with E-state index in [1.54, 1.807) is 23.9 Å². The lowest BCUT2D eigenvalue weighted by molar-refractivity contribution is -0.119. The Labute approximate surface area is 115 Å². The van der Waals surface area contributed by atoms with Crippen molar-refractivity contribution in [3.8, 4) is 5.75 Å². The number of hydrogen-bond donors (Lipinski definition) is 1. The summed E-state index contributed by atoms with van der Waals surface area (Å²) < 4.78 is 18.3. The zero-order valence-electron chi connectivity index (χ0n) is 10.6. The van der Waals surface area contributed by atoms with E-state index in [9.17, 15) is 9.18 Å². The third-order valence-electron chi connectivity index (χ3n) is 2.69. The molecule has 0 aromatic heterocycles. The van der Waals surface area contributed by atoms with E-state index in [-0.39, 0.29) is 11.7 Å². The topological polar surface area (TPSA) is 50.7 Å². The highest BCUT2D eigenvalue weighted by Gasteiger charge is 2.11. The van der Waals surface area contributed by atoms with Crippen molar-refractivity contribution >= 4 is 22.8 Å². The summed E-state index contributed by atoms with van der Waals surface area (Å²) in [5.41, 5.74) is 0.773. The Kier molecular flexibility index (Phi) is 4.79. The number of ether oxygens (including phenoxy) is 1. The van der Waals surface area contributed by atoms with Crippen LogP contribution < -0.4 is 10.1 Å². The molecule has 0 spiro atoms.